The van der Waals surface area contributed by atoms with Crippen molar-refractivity contribution in [3.05, 3.63) is 82.4 Å². The average Bonchev–Trinajstić information content (AvgIpc) is 2.71. The number of aryl methyl sites for hydroxylation is 3. The lowest BCUT2D eigenvalue weighted by Gasteiger charge is -2.15. The molecular formula is C24H26N2O4S. The van der Waals surface area contributed by atoms with E-state index < -0.39 is 15.9 Å². The van der Waals surface area contributed by atoms with Crippen LogP contribution in [0.5, 0.6) is 5.75 Å². The minimum Gasteiger partial charge on any atom is -0.495 e. The van der Waals surface area contributed by atoms with Gasteiger partial charge in [-0.1, -0.05) is 24.3 Å². The first-order chi connectivity index (χ1) is 14.6. The maximum atomic E-state index is 13.1. The Hall–Kier alpha value is -3.32. The molecular weight excluding hydrogens is 412 g/mol. The van der Waals surface area contributed by atoms with E-state index >= 15 is 0 Å². The molecule has 0 aliphatic rings. The third-order valence-electron chi connectivity index (χ3n) is 5.19. The van der Waals surface area contributed by atoms with Gasteiger partial charge in [0.05, 0.1) is 23.4 Å². The zero-order valence-electron chi connectivity index (χ0n) is 18.2. The fraction of sp³-hybridized carbons (Fsp3) is 0.208. The Balaban J connectivity index is 1.93. The van der Waals surface area contributed by atoms with E-state index in [-0.39, 0.29) is 10.5 Å². The number of amides is 1. The molecule has 3 aromatic carbocycles. The van der Waals surface area contributed by atoms with E-state index in [2.05, 4.69) is 10.0 Å². The number of sulfonamides is 1. The lowest BCUT2D eigenvalue weighted by Crippen LogP contribution is -2.18. The summed E-state index contributed by atoms with van der Waals surface area (Å²) in [5.41, 5.74) is 4.60. The molecule has 3 aromatic rings. The third-order valence-corrected chi connectivity index (χ3v) is 6.70. The van der Waals surface area contributed by atoms with Gasteiger partial charge in [-0.15, -0.1) is 0 Å². The second-order valence-electron chi connectivity index (χ2n) is 7.49. The summed E-state index contributed by atoms with van der Waals surface area (Å²) < 4.78 is 34.2. The highest BCUT2D eigenvalue weighted by Gasteiger charge is 2.21. The summed E-state index contributed by atoms with van der Waals surface area (Å²) in [5.74, 6) is 0.0996. The zero-order chi connectivity index (χ0) is 22.8. The molecule has 0 radical (unpaired) electrons. The van der Waals surface area contributed by atoms with E-state index in [9.17, 15) is 13.2 Å². The minimum atomic E-state index is -3.89. The molecule has 0 heterocycles. The quantitative estimate of drug-likeness (QED) is 0.568. The molecule has 162 valence electrons. The van der Waals surface area contributed by atoms with Gasteiger partial charge in [-0.2, -0.15) is 0 Å². The Morgan fingerprint density at radius 2 is 1.61 bits per heavy atom. The molecule has 0 atom stereocenters. The maximum Gasteiger partial charge on any atom is 0.262 e. The first-order valence-corrected chi connectivity index (χ1v) is 11.3. The molecule has 7 heteroatoms. The largest absolute Gasteiger partial charge is 0.495 e. The van der Waals surface area contributed by atoms with Crippen LogP contribution < -0.4 is 14.8 Å². The van der Waals surface area contributed by atoms with E-state index in [0.717, 1.165) is 16.7 Å². The molecule has 0 aromatic heterocycles. The van der Waals surface area contributed by atoms with Gasteiger partial charge in [-0.05, 0) is 80.3 Å². The van der Waals surface area contributed by atoms with E-state index in [4.69, 9.17) is 4.74 Å². The lowest BCUT2D eigenvalue weighted by atomic mass is 10.1. The Labute approximate surface area is 183 Å². The maximum absolute atomic E-state index is 13.1. The molecule has 2 N–H and O–H groups in total. The minimum absolute atomic E-state index is 0.0530. The topological polar surface area (TPSA) is 84.5 Å². The highest BCUT2D eigenvalue weighted by molar-refractivity contribution is 7.92. The summed E-state index contributed by atoms with van der Waals surface area (Å²) in [6.07, 6.45) is 0. The molecule has 0 bridgehead atoms. The van der Waals surface area contributed by atoms with Crippen molar-refractivity contribution in [1.29, 1.82) is 0 Å². The van der Waals surface area contributed by atoms with Gasteiger partial charge in [0.2, 0.25) is 0 Å². The van der Waals surface area contributed by atoms with Crippen LogP contribution in [0.25, 0.3) is 0 Å². The normalized spacial score (nSPS) is 11.1. The second-order valence-corrected chi connectivity index (χ2v) is 9.14. The molecule has 0 aliphatic heterocycles. The van der Waals surface area contributed by atoms with Gasteiger partial charge in [-0.25, -0.2) is 8.42 Å². The molecule has 0 fully saturated rings. The first kappa shape index (κ1) is 22.4. The van der Waals surface area contributed by atoms with E-state index in [1.165, 1.54) is 13.2 Å². The number of hydrogen-bond acceptors (Lipinski definition) is 4. The second kappa shape index (κ2) is 8.81. The van der Waals surface area contributed by atoms with Crippen molar-refractivity contribution in [3.8, 4) is 5.75 Å². The average molecular weight is 439 g/mol. The van der Waals surface area contributed by atoms with Crippen molar-refractivity contribution < 1.29 is 17.9 Å². The molecule has 6 nitrogen and oxygen atoms in total. The van der Waals surface area contributed by atoms with E-state index in [1.54, 1.807) is 43.3 Å². The highest BCUT2D eigenvalue weighted by atomic mass is 32.2. The Bertz CT molecular complexity index is 1250. The smallest absolute Gasteiger partial charge is 0.262 e. The van der Waals surface area contributed by atoms with Crippen LogP contribution in [0.15, 0.2) is 59.5 Å². The number of hydrogen-bond donors (Lipinski definition) is 2. The molecule has 0 unspecified atom stereocenters. The summed E-state index contributed by atoms with van der Waals surface area (Å²) in [4.78, 5) is 12.9. The monoisotopic (exact) mass is 438 g/mol. The van der Waals surface area contributed by atoms with E-state index in [1.807, 2.05) is 32.9 Å². The van der Waals surface area contributed by atoms with Crippen LogP contribution in [0, 0.1) is 27.7 Å². The predicted octanol–water partition coefficient (Wildman–Crippen LogP) is 4.98. The number of anilines is 2. The molecule has 1 amide bonds. The Morgan fingerprint density at radius 1 is 0.871 bits per heavy atom. The van der Waals surface area contributed by atoms with Crippen molar-refractivity contribution in [1.82, 2.24) is 0 Å². The summed E-state index contributed by atoms with van der Waals surface area (Å²) in [7, 11) is -2.36. The van der Waals surface area contributed by atoms with Gasteiger partial charge in [0, 0.05) is 5.56 Å². The van der Waals surface area contributed by atoms with Crippen LogP contribution in [0.4, 0.5) is 11.4 Å². The van der Waals surface area contributed by atoms with Crippen molar-refractivity contribution >= 4 is 27.3 Å². The van der Waals surface area contributed by atoms with Crippen LogP contribution in [0.2, 0.25) is 0 Å². The number of ether oxygens (including phenoxy) is 1. The Morgan fingerprint density at radius 3 is 2.32 bits per heavy atom. The SMILES string of the molecule is COc1ccc(C)cc1NC(=O)c1ccc(C)c(S(=O)(=O)Nc2cccc(C)c2C)c1. The lowest BCUT2D eigenvalue weighted by molar-refractivity contribution is 0.102. The number of carbonyl (C=O) groups excluding carboxylic acids is 1. The van der Waals surface area contributed by atoms with E-state index in [0.29, 0.717) is 22.7 Å². The Kier molecular flexibility index (Phi) is 6.36. The van der Waals surface area contributed by atoms with Crippen LogP contribution in [-0.4, -0.2) is 21.4 Å². The third kappa shape index (κ3) is 4.88. The molecule has 0 saturated heterocycles. The number of nitrogens with one attached hydrogen (secondary N) is 2. The van der Waals surface area contributed by atoms with Crippen LogP contribution in [0.3, 0.4) is 0 Å². The van der Waals surface area contributed by atoms with Gasteiger partial charge in [0.25, 0.3) is 15.9 Å². The van der Waals surface area contributed by atoms with Gasteiger partial charge >= 0.3 is 0 Å². The number of rotatable bonds is 6. The van der Waals surface area contributed by atoms with Crippen LogP contribution in [-0.2, 0) is 10.0 Å². The molecule has 3 rings (SSSR count). The number of methoxy groups -OCH3 is 1. The van der Waals surface area contributed by atoms with Gasteiger partial charge in [0.1, 0.15) is 5.75 Å². The fourth-order valence-corrected chi connectivity index (χ4v) is 4.60. The predicted molar refractivity (Wildman–Crippen MR) is 124 cm³/mol. The summed E-state index contributed by atoms with van der Waals surface area (Å²) >= 11 is 0. The van der Waals surface area contributed by atoms with Gasteiger partial charge in [-0.3, -0.25) is 9.52 Å². The summed E-state index contributed by atoms with van der Waals surface area (Å²) in [6, 6.07) is 15.5. The van der Waals surface area contributed by atoms with Crippen molar-refractivity contribution in [2.75, 3.05) is 17.1 Å². The van der Waals surface area contributed by atoms with Crippen molar-refractivity contribution in [2.24, 2.45) is 0 Å². The highest BCUT2D eigenvalue weighted by Crippen LogP contribution is 2.27. The molecule has 0 saturated carbocycles. The number of carbonyl (C=O) groups is 1. The fourth-order valence-electron chi connectivity index (χ4n) is 3.21. The summed E-state index contributed by atoms with van der Waals surface area (Å²) in [6.45, 7) is 7.38. The zero-order valence-corrected chi connectivity index (χ0v) is 19.1. The van der Waals surface area contributed by atoms with Gasteiger partial charge < -0.3 is 10.1 Å². The molecule has 0 spiro atoms. The van der Waals surface area contributed by atoms with Crippen molar-refractivity contribution in [2.45, 2.75) is 32.6 Å². The van der Waals surface area contributed by atoms with Crippen molar-refractivity contribution in [3.63, 3.8) is 0 Å². The molecule has 31 heavy (non-hydrogen) atoms. The standard InChI is InChI=1S/C24H26N2O4S/c1-15-9-12-22(30-5)21(13-15)25-24(27)19-11-10-17(3)23(14-19)31(28,29)26-20-8-6-7-16(2)18(20)4/h6-14,26H,1-5H3,(H,25,27). The molecule has 0 aliphatic carbocycles. The first-order valence-electron chi connectivity index (χ1n) is 9.78. The summed E-state index contributed by atoms with van der Waals surface area (Å²) in [5, 5.41) is 2.80. The number of benzene rings is 3. The van der Waals surface area contributed by atoms with Crippen LogP contribution in [0.1, 0.15) is 32.6 Å². The van der Waals surface area contributed by atoms with Crippen LogP contribution >= 0.6 is 0 Å². The van der Waals surface area contributed by atoms with Gasteiger partial charge in [0.15, 0.2) is 0 Å².